The first-order chi connectivity index (χ1) is 12.1. The molecule has 1 aromatic heterocycles. The number of nitrogens with zero attached hydrogens (tertiary/aromatic N) is 2. The molecule has 1 heterocycles. The lowest BCUT2D eigenvalue weighted by atomic mass is 9.78. The lowest BCUT2D eigenvalue weighted by Gasteiger charge is -2.26. The van der Waals surface area contributed by atoms with Crippen LogP contribution in [0, 0.1) is 0 Å². The summed E-state index contributed by atoms with van der Waals surface area (Å²) in [6, 6.07) is 18.2. The van der Waals surface area contributed by atoms with E-state index in [2.05, 4.69) is 41.5 Å². The van der Waals surface area contributed by atoms with Crippen molar-refractivity contribution in [1.29, 1.82) is 0 Å². The number of benzene rings is 2. The zero-order chi connectivity index (χ0) is 17.7. The second kappa shape index (κ2) is 7.44. The van der Waals surface area contributed by atoms with Gasteiger partial charge in [-0.25, -0.2) is 0 Å². The van der Waals surface area contributed by atoms with E-state index >= 15 is 0 Å². The summed E-state index contributed by atoms with van der Waals surface area (Å²) in [7, 11) is 0. The van der Waals surface area contributed by atoms with E-state index in [1.807, 2.05) is 42.5 Å². The molecule has 0 saturated heterocycles. The molecule has 3 rings (SSSR count). The van der Waals surface area contributed by atoms with Crippen LogP contribution < -0.4 is 10.1 Å². The smallest absolute Gasteiger partial charge is 0.264 e. The van der Waals surface area contributed by atoms with Gasteiger partial charge in [0.25, 0.3) is 5.91 Å². The Balaban J connectivity index is 1.61. The highest BCUT2D eigenvalue weighted by Gasteiger charge is 2.22. The zero-order valence-corrected chi connectivity index (χ0v) is 14.9. The molecule has 0 radical (unpaired) electrons. The molecule has 0 unspecified atom stereocenters. The fourth-order valence-electron chi connectivity index (χ4n) is 2.52. The van der Waals surface area contributed by atoms with Crippen LogP contribution in [0.25, 0.3) is 0 Å². The average Bonchev–Trinajstić information content (AvgIpc) is 3.14. The molecule has 2 aromatic carbocycles. The summed E-state index contributed by atoms with van der Waals surface area (Å²) >= 11 is 1.27. The fourth-order valence-corrected chi connectivity index (χ4v) is 2.98. The van der Waals surface area contributed by atoms with Gasteiger partial charge in [-0.1, -0.05) is 67.6 Å². The van der Waals surface area contributed by atoms with Gasteiger partial charge in [-0.05, 0) is 23.3 Å². The summed E-state index contributed by atoms with van der Waals surface area (Å²) in [5.41, 5.74) is 3.89. The lowest BCUT2D eigenvalue weighted by molar-refractivity contribution is -0.118. The third kappa shape index (κ3) is 4.22. The van der Waals surface area contributed by atoms with Crippen LogP contribution in [0.5, 0.6) is 5.75 Å². The van der Waals surface area contributed by atoms with Gasteiger partial charge in [0.05, 0.1) is 0 Å². The molecule has 25 heavy (non-hydrogen) atoms. The van der Waals surface area contributed by atoms with Gasteiger partial charge in [0, 0.05) is 5.41 Å². The van der Waals surface area contributed by atoms with Crippen molar-refractivity contribution in [3.8, 4) is 5.75 Å². The minimum absolute atomic E-state index is 0.0684. The standard InChI is InChI=1S/C19H19N3O2S/c1-19(2,14-6-4-3-5-7-14)15-8-10-16(11-9-15)24-12-17(23)21-18-22-20-13-25-18/h3-11,13H,12H2,1-2H3,(H,21,22,23). The maximum atomic E-state index is 11.8. The summed E-state index contributed by atoms with van der Waals surface area (Å²) in [4.78, 5) is 11.8. The van der Waals surface area contributed by atoms with Gasteiger partial charge >= 0.3 is 0 Å². The number of nitrogens with one attached hydrogen (secondary N) is 1. The molecule has 128 valence electrons. The van der Waals surface area contributed by atoms with Crippen molar-refractivity contribution in [3.63, 3.8) is 0 Å². The molecule has 1 amide bonds. The molecule has 0 aliphatic rings. The van der Waals surface area contributed by atoms with Crippen molar-refractivity contribution in [2.75, 3.05) is 11.9 Å². The maximum Gasteiger partial charge on any atom is 0.264 e. The Hall–Kier alpha value is -2.73. The molecule has 1 N–H and O–H groups in total. The first-order valence-corrected chi connectivity index (χ1v) is 8.78. The quantitative estimate of drug-likeness (QED) is 0.730. The molecule has 0 aliphatic carbocycles. The van der Waals surface area contributed by atoms with Gasteiger partial charge in [0.2, 0.25) is 5.13 Å². The number of hydrogen-bond donors (Lipinski definition) is 1. The second-order valence-electron chi connectivity index (χ2n) is 6.10. The Morgan fingerprint density at radius 3 is 2.40 bits per heavy atom. The van der Waals surface area contributed by atoms with Crippen LogP contribution >= 0.6 is 11.3 Å². The summed E-state index contributed by atoms with van der Waals surface area (Å²) in [6.45, 7) is 4.31. The van der Waals surface area contributed by atoms with Crippen LogP contribution in [-0.2, 0) is 10.2 Å². The zero-order valence-electron chi connectivity index (χ0n) is 14.1. The third-order valence-corrected chi connectivity index (χ3v) is 4.65. The predicted octanol–water partition coefficient (Wildman–Crippen LogP) is 3.88. The van der Waals surface area contributed by atoms with Gasteiger partial charge in [-0.15, -0.1) is 10.2 Å². The minimum Gasteiger partial charge on any atom is -0.484 e. The number of hydrogen-bond acceptors (Lipinski definition) is 5. The van der Waals surface area contributed by atoms with Gasteiger partial charge in [-0.3, -0.25) is 10.1 Å². The van der Waals surface area contributed by atoms with Crippen LogP contribution in [0.4, 0.5) is 5.13 Å². The van der Waals surface area contributed by atoms with Gasteiger partial charge < -0.3 is 4.74 Å². The Kier molecular flexibility index (Phi) is 5.09. The van der Waals surface area contributed by atoms with Crippen molar-refractivity contribution in [3.05, 3.63) is 71.2 Å². The first kappa shape index (κ1) is 17.1. The third-order valence-electron chi connectivity index (χ3n) is 4.05. The number of ether oxygens (including phenoxy) is 1. The van der Waals surface area contributed by atoms with Crippen LogP contribution in [0.15, 0.2) is 60.1 Å². The van der Waals surface area contributed by atoms with Gasteiger partial charge in [0.15, 0.2) is 6.61 Å². The minimum atomic E-state index is -0.259. The molecule has 0 atom stereocenters. The molecule has 0 fully saturated rings. The number of amides is 1. The molecule has 0 saturated carbocycles. The molecule has 0 spiro atoms. The predicted molar refractivity (Wildman–Crippen MR) is 99.0 cm³/mol. The van der Waals surface area contributed by atoms with E-state index in [1.165, 1.54) is 22.5 Å². The van der Waals surface area contributed by atoms with Crippen molar-refractivity contribution < 1.29 is 9.53 Å². The Morgan fingerprint density at radius 2 is 1.76 bits per heavy atom. The summed E-state index contributed by atoms with van der Waals surface area (Å²) in [6.07, 6.45) is 0. The number of carbonyl (C=O) groups excluding carboxylic acids is 1. The first-order valence-electron chi connectivity index (χ1n) is 7.90. The molecule has 0 bridgehead atoms. The largest absolute Gasteiger partial charge is 0.484 e. The van der Waals surface area contributed by atoms with Crippen LogP contribution in [0.3, 0.4) is 0 Å². The normalized spacial score (nSPS) is 11.1. The van der Waals surface area contributed by atoms with Crippen molar-refractivity contribution in [2.24, 2.45) is 0 Å². The lowest BCUT2D eigenvalue weighted by Crippen LogP contribution is -2.20. The topological polar surface area (TPSA) is 64.1 Å². The Morgan fingerprint density at radius 1 is 1.08 bits per heavy atom. The van der Waals surface area contributed by atoms with E-state index in [-0.39, 0.29) is 17.9 Å². The molecular formula is C19H19N3O2S. The van der Waals surface area contributed by atoms with Crippen molar-refractivity contribution in [2.45, 2.75) is 19.3 Å². The van der Waals surface area contributed by atoms with Gasteiger partial charge in [0.1, 0.15) is 11.3 Å². The highest BCUT2D eigenvalue weighted by Crippen LogP contribution is 2.32. The highest BCUT2D eigenvalue weighted by atomic mass is 32.1. The number of anilines is 1. The van der Waals surface area contributed by atoms with Crippen molar-refractivity contribution >= 4 is 22.4 Å². The van der Waals surface area contributed by atoms with Crippen LogP contribution in [0.1, 0.15) is 25.0 Å². The summed E-state index contributed by atoms with van der Waals surface area (Å²) in [5, 5.41) is 10.5. The molecule has 3 aromatic rings. The Bertz CT molecular complexity index is 816. The molecule has 6 heteroatoms. The Labute approximate surface area is 150 Å². The van der Waals surface area contributed by atoms with Gasteiger partial charge in [-0.2, -0.15) is 0 Å². The van der Waals surface area contributed by atoms with E-state index in [4.69, 9.17) is 4.74 Å². The summed E-state index contributed by atoms with van der Waals surface area (Å²) < 4.78 is 5.53. The number of aromatic nitrogens is 2. The van der Waals surface area contributed by atoms with Crippen LogP contribution in [0.2, 0.25) is 0 Å². The number of carbonyl (C=O) groups is 1. The van der Waals surface area contributed by atoms with Crippen molar-refractivity contribution in [1.82, 2.24) is 10.2 Å². The van der Waals surface area contributed by atoms with E-state index in [0.717, 1.165) is 0 Å². The average molecular weight is 353 g/mol. The summed E-state index contributed by atoms with van der Waals surface area (Å²) in [5.74, 6) is 0.394. The van der Waals surface area contributed by atoms with E-state index in [0.29, 0.717) is 10.9 Å². The van der Waals surface area contributed by atoms with Crippen LogP contribution in [-0.4, -0.2) is 22.7 Å². The van der Waals surface area contributed by atoms with E-state index < -0.39 is 0 Å². The van der Waals surface area contributed by atoms with E-state index in [1.54, 1.807) is 5.51 Å². The molecular weight excluding hydrogens is 334 g/mol. The SMILES string of the molecule is CC(C)(c1ccccc1)c1ccc(OCC(=O)Nc2nncs2)cc1. The number of rotatable bonds is 6. The monoisotopic (exact) mass is 353 g/mol. The highest BCUT2D eigenvalue weighted by molar-refractivity contribution is 7.13. The maximum absolute atomic E-state index is 11.8. The fraction of sp³-hybridized carbons (Fsp3) is 0.211. The second-order valence-corrected chi connectivity index (χ2v) is 6.93. The molecule has 5 nitrogen and oxygen atoms in total. The van der Waals surface area contributed by atoms with E-state index in [9.17, 15) is 4.79 Å². The molecule has 0 aliphatic heterocycles.